The van der Waals surface area contributed by atoms with Gasteiger partial charge in [0.15, 0.2) is 0 Å². The normalized spacial score (nSPS) is 10.9. The molecule has 0 spiro atoms. The molecule has 0 unspecified atom stereocenters. The summed E-state index contributed by atoms with van der Waals surface area (Å²) in [5.41, 5.74) is 0.381. The van der Waals surface area contributed by atoms with Crippen LogP contribution in [0.4, 0.5) is 0 Å². The van der Waals surface area contributed by atoms with Crippen LogP contribution in [-0.2, 0) is 10.1 Å². The molecule has 0 aliphatic heterocycles. The molecule has 0 saturated heterocycles. The highest BCUT2D eigenvalue weighted by Gasteiger charge is 2.10. The van der Waals surface area contributed by atoms with Crippen LogP contribution in [0.15, 0.2) is 24.3 Å². The molecular formula is C10H13NO4S. The molecule has 0 aliphatic rings. The van der Waals surface area contributed by atoms with Crippen molar-refractivity contribution >= 4 is 16.0 Å². The van der Waals surface area contributed by atoms with Crippen LogP contribution in [-0.4, -0.2) is 39.6 Å². The van der Waals surface area contributed by atoms with E-state index in [1.807, 2.05) is 0 Å². The van der Waals surface area contributed by atoms with Crippen LogP contribution in [0.2, 0.25) is 0 Å². The number of carbonyl (C=O) groups excluding carboxylic acids is 1. The van der Waals surface area contributed by atoms with Crippen molar-refractivity contribution in [3.05, 3.63) is 29.8 Å². The number of nitrogens with zero attached hydrogens (tertiary/aromatic N) is 1. The molecule has 0 heterocycles. The molecule has 5 nitrogen and oxygen atoms in total. The number of benzene rings is 1. The second kappa shape index (κ2) is 4.52. The van der Waals surface area contributed by atoms with Crippen molar-refractivity contribution in [2.45, 2.75) is 0 Å². The fourth-order valence-electron chi connectivity index (χ4n) is 1.11. The van der Waals surface area contributed by atoms with Gasteiger partial charge in [-0.15, -0.1) is 0 Å². The third kappa shape index (κ3) is 3.54. The highest BCUT2D eigenvalue weighted by molar-refractivity contribution is 7.86. The summed E-state index contributed by atoms with van der Waals surface area (Å²) in [6.07, 6.45) is 0.952. The molecule has 0 aromatic heterocycles. The molecule has 0 atom stereocenters. The fraction of sp³-hybridized carbons (Fsp3) is 0.300. The van der Waals surface area contributed by atoms with Crippen LogP contribution >= 0.6 is 0 Å². The zero-order valence-electron chi connectivity index (χ0n) is 9.30. The van der Waals surface area contributed by atoms with Crippen molar-refractivity contribution < 1.29 is 17.4 Å². The van der Waals surface area contributed by atoms with E-state index < -0.39 is 10.1 Å². The Kier molecular flexibility index (Phi) is 3.54. The smallest absolute Gasteiger partial charge is 0.306 e. The molecule has 88 valence electrons. The second-order valence-corrected chi connectivity index (χ2v) is 5.09. The Bertz CT molecular complexity index is 493. The number of carbonyl (C=O) groups is 1. The zero-order valence-corrected chi connectivity index (χ0v) is 10.1. The van der Waals surface area contributed by atoms with E-state index in [4.69, 9.17) is 0 Å². The van der Waals surface area contributed by atoms with Gasteiger partial charge in [-0.1, -0.05) is 6.07 Å². The molecule has 16 heavy (non-hydrogen) atoms. The van der Waals surface area contributed by atoms with Gasteiger partial charge in [0.2, 0.25) is 0 Å². The van der Waals surface area contributed by atoms with E-state index in [-0.39, 0.29) is 11.7 Å². The lowest BCUT2D eigenvalue weighted by Crippen LogP contribution is -2.21. The predicted octanol–water partition coefficient (Wildman–Crippen LogP) is 0.727. The van der Waals surface area contributed by atoms with E-state index >= 15 is 0 Å². The Morgan fingerprint density at radius 2 is 1.94 bits per heavy atom. The average Bonchev–Trinajstić information content (AvgIpc) is 2.14. The molecule has 0 saturated carbocycles. The molecule has 6 heteroatoms. The van der Waals surface area contributed by atoms with Gasteiger partial charge in [-0.3, -0.25) is 4.79 Å². The number of hydrogen-bond donors (Lipinski definition) is 0. The summed E-state index contributed by atoms with van der Waals surface area (Å²) in [4.78, 5) is 13.0. The number of hydrogen-bond acceptors (Lipinski definition) is 4. The molecule has 1 rings (SSSR count). The molecule has 1 aromatic carbocycles. The van der Waals surface area contributed by atoms with Gasteiger partial charge in [-0.05, 0) is 18.2 Å². The third-order valence-corrected chi connectivity index (χ3v) is 2.23. The lowest BCUT2D eigenvalue weighted by Gasteiger charge is -2.10. The van der Waals surface area contributed by atoms with Gasteiger partial charge >= 0.3 is 10.1 Å². The van der Waals surface area contributed by atoms with Crippen molar-refractivity contribution in [3.63, 3.8) is 0 Å². The Morgan fingerprint density at radius 1 is 1.31 bits per heavy atom. The summed E-state index contributed by atoms with van der Waals surface area (Å²) in [7, 11) is -0.330. The van der Waals surface area contributed by atoms with E-state index in [1.165, 1.54) is 17.0 Å². The minimum Gasteiger partial charge on any atom is -0.383 e. The number of amides is 1. The van der Waals surface area contributed by atoms with Crippen molar-refractivity contribution in [1.82, 2.24) is 4.90 Å². The molecule has 0 radical (unpaired) electrons. The first kappa shape index (κ1) is 12.5. The summed E-state index contributed by atoms with van der Waals surface area (Å²) in [5, 5.41) is 0. The summed E-state index contributed by atoms with van der Waals surface area (Å²) >= 11 is 0. The largest absolute Gasteiger partial charge is 0.383 e. The third-order valence-electron chi connectivity index (χ3n) is 1.73. The maximum Gasteiger partial charge on any atom is 0.306 e. The standard InChI is InChI=1S/C10H13NO4S/c1-11(2)10(12)8-5-4-6-9(7-8)15-16(3,13)14/h4-7H,1-3H3. The predicted molar refractivity (Wildman–Crippen MR) is 59.9 cm³/mol. The van der Waals surface area contributed by atoms with Gasteiger partial charge in [-0.25, -0.2) is 0 Å². The molecule has 1 aromatic rings. The van der Waals surface area contributed by atoms with Crippen LogP contribution < -0.4 is 4.18 Å². The molecule has 0 aliphatic carbocycles. The van der Waals surface area contributed by atoms with E-state index in [0.29, 0.717) is 5.56 Å². The first-order valence-electron chi connectivity index (χ1n) is 4.51. The van der Waals surface area contributed by atoms with E-state index in [1.54, 1.807) is 26.2 Å². The van der Waals surface area contributed by atoms with Gasteiger partial charge in [0.05, 0.1) is 6.26 Å². The van der Waals surface area contributed by atoms with Crippen molar-refractivity contribution in [2.75, 3.05) is 20.4 Å². The quantitative estimate of drug-likeness (QED) is 0.734. The van der Waals surface area contributed by atoms with Gasteiger partial charge in [0.1, 0.15) is 5.75 Å². The summed E-state index contributed by atoms with van der Waals surface area (Å²) in [6, 6.07) is 6.03. The van der Waals surface area contributed by atoms with Crippen LogP contribution in [0.1, 0.15) is 10.4 Å². The minimum atomic E-state index is -3.56. The Hall–Kier alpha value is -1.56. The lowest BCUT2D eigenvalue weighted by atomic mass is 10.2. The lowest BCUT2D eigenvalue weighted by molar-refractivity contribution is 0.0827. The topological polar surface area (TPSA) is 63.7 Å². The SMILES string of the molecule is CN(C)C(=O)c1cccc(OS(C)(=O)=O)c1. The van der Waals surface area contributed by atoms with Crippen molar-refractivity contribution in [3.8, 4) is 5.75 Å². The van der Waals surface area contributed by atoms with E-state index in [2.05, 4.69) is 4.18 Å². The van der Waals surface area contributed by atoms with Crippen molar-refractivity contribution in [1.29, 1.82) is 0 Å². The maximum atomic E-state index is 11.6. The Labute approximate surface area is 94.8 Å². The van der Waals surface area contributed by atoms with Crippen LogP contribution in [0, 0.1) is 0 Å². The first-order chi connectivity index (χ1) is 7.29. The zero-order chi connectivity index (χ0) is 12.3. The molecule has 0 bridgehead atoms. The van der Waals surface area contributed by atoms with Gasteiger partial charge in [0.25, 0.3) is 5.91 Å². The van der Waals surface area contributed by atoms with E-state index in [9.17, 15) is 13.2 Å². The Morgan fingerprint density at radius 3 is 2.44 bits per heavy atom. The van der Waals surface area contributed by atoms with Crippen LogP contribution in [0.25, 0.3) is 0 Å². The fourth-order valence-corrected chi connectivity index (χ4v) is 1.57. The summed E-state index contributed by atoms with van der Waals surface area (Å²) < 4.78 is 26.5. The highest BCUT2D eigenvalue weighted by atomic mass is 32.2. The van der Waals surface area contributed by atoms with Crippen LogP contribution in [0.3, 0.4) is 0 Å². The van der Waals surface area contributed by atoms with Gasteiger partial charge in [0, 0.05) is 19.7 Å². The van der Waals surface area contributed by atoms with Crippen LogP contribution in [0.5, 0.6) is 5.75 Å². The maximum absolute atomic E-state index is 11.6. The van der Waals surface area contributed by atoms with Crippen molar-refractivity contribution in [2.24, 2.45) is 0 Å². The minimum absolute atomic E-state index is 0.134. The monoisotopic (exact) mass is 243 g/mol. The second-order valence-electron chi connectivity index (χ2n) is 3.51. The summed E-state index contributed by atoms with van der Waals surface area (Å²) in [5.74, 6) is -0.0749. The number of rotatable bonds is 3. The summed E-state index contributed by atoms with van der Waals surface area (Å²) in [6.45, 7) is 0. The average molecular weight is 243 g/mol. The molecular weight excluding hydrogens is 230 g/mol. The first-order valence-corrected chi connectivity index (χ1v) is 6.32. The van der Waals surface area contributed by atoms with Gasteiger partial charge in [-0.2, -0.15) is 8.42 Å². The van der Waals surface area contributed by atoms with E-state index in [0.717, 1.165) is 6.26 Å². The highest BCUT2D eigenvalue weighted by Crippen LogP contribution is 2.15. The molecule has 1 amide bonds. The molecule has 0 N–H and O–H groups in total. The molecule has 0 fully saturated rings. The Balaban J connectivity index is 3.00. The van der Waals surface area contributed by atoms with Gasteiger partial charge < -0.3 is 9.08 Å².